The highest BCUT2D eigenvalue weighted by molar-refractivity contribution is 7.85. The van der Waals surface area contributed by atoms with E-state index in [9.17, 15) is 8.42 Å². The molecule has 0 aliphatic carbocycles. The summed E-state index contributed by atoms with van der Waals surface area (Å²) in [6.07, 6.45) is 0.984. The predicted octanol–water partition coefficient (Wildman–Crippen LogP) is -0.0549. The van der Waals surface area contributed by atoms with Crippen molar-refractivity contribution in [3.05, 3.63) is 6.20 Å². The lowest BCUT2D eigenvalue weighted by molar-refractivity contribution is 0.479. The Morgan fingerprint density at radius 1 is 1.70 bits per heavy atom. The van der Waals surface area contributed by atoms with Crippen molar-refractivity contribution in [2.45, 2.75) is 10.2 Å². The van der Waals surface area contributed by atoms with Gasteiger partial charge in [0, 0.05) is 0 Å². The Kier molecular flexibility index (Phi) is 1.71. The van der Waals surface area contributed by atoms with Crippen LogP contribution in [0.4, 0.5) is 0 Å². The summed E-state index contributed by atoms with van der Waals surface area (Å²) in [7, 11) is -4.15. The number of nitrogens with one attached hydrogen (secondary N) is 1. The maximum Gasteiger partial charge on any atom is 0.311 e. The van der Waals surface area contributed by atoms with Crippen LogP contribution in [0.15, 0.2) is 16.4 Å². The SMILES string of the molecule is O=S(=O)(O)c1cnc(S)[nH]1. The van der Waals surface area contributed by atoms with E-state index in [0.29, 0.717) is 0 Å². The molecule has 0 saturated carbocycles. The van der Waals surface area contributed by atoms with Gasteiger partial charge >= 0.3 is 10.1 Å². The molecular formula is C3H4N2O3S2. The van der Waals surface area contributed by atoms with Crippen LogP contribution in [0.2, 0.25) is 0 Å². The summed E-state index contributed by atoms with van der Waals surface area (Å²) in [6.45, 7) is 0. The van der Waals surface area contributed by atoms with Crippen LogP contribution in [-0.2, 0) is 10.1 Å². The van der Waals surface area contributed by atoms with Gasteiger partial charge in [0.15, 0.2) is 10.2 Å². The maximum atomic E-state index is 10.3. The lowest BCUT2D eigenvalue weighted by Gasteiger charge is -1.86. The smallest absolute Gasteiger partial charge is 0.311 e. The third-order valence-electron chi connectivity index (χ3n) is 0.817. The average Bonchev–Trinajstić information content (AvgIpc) is 2.11. The molecule has 1 rings (SSSR count). The molecule has 0 radical (unpaired) electrons. The highest BCUT2D eigenvalue weighted by Crippen LogP contribution is 2.05. The summed E-state index contributed by atoms with van der Waals surface area (Å²) in [5.41, 5.74) is 0. The summed E-state index contributed by atoms with van der Waals surface area (Å²) in [5, 5.41) is -0.204. The predicted molar refractivity (Wildman–Crippen MR) is 35.7 cm³/mol. The molecule has 1 heterocycles. The second-order valence-corrected chi connectivity index (χ2v) is 3.36. The van der Waals surface area contributed by atoms with Crippen molar-refractivity contribution in [1.82, 2.24) is 9.97 Å². The van der Waals surface area contributed by atoms with Gasteiger partial charge in [0.05, 0.1) is 6.20 Å². The number of aromatic nitrogens is 2. The average molecular weight is 180 g/mol. The van der Waals surface area contributed by atoms with Crippen molar-refractivity contribution in [2.24, 2.45) is 0 Å². The highest BCUT2D eigenvalue weighted by Gasteiger charge is 2.10. The zero-order valence-electron chi connectivity index (χ0n) is 4.64. The Labute approximate surface area is 62.6 Å². The second-order valence-electron chi connectivity index (χ2n) is 1.55. The van der Waals surface area contributed by atoms with Gasteiger partial charge in [0.25, 0.3) is 0 Å². The van der Waals surface area contributed by atoms with Crippen LogP contribution >= 0.6 is 12.6 Å². The molecule has 0 aliphatic rings. The fourth-order valence-corrected chi connectivity index (χ4v) is 1.09. The molecule has 0 spiro atoms. The molecule has 0 amide bonds. The molecule has 2 N–H and O–H groups in total. The molecule has 5 nitrogen and oxygen atoms in total. The third-order valence-corrected chi connectivity index (χ3v) is 1.81. The number of H-pyrrole nitrogens is 1. The van der Waals surface area contributed by atoms with Crippen LogP contribution in [-0.4, -0.2) is 22.9 Å². The Balaban J connectivity index is 3.21. The largest absolute Gasteiger partial charge is 0.322 e. The first kappa shape index (κ1) is 7.58. The molecule has 0 fully saturated rings. The van der Waals surface area contributed by atoms with E-state index < -0.39 is 10.1 Å². The number of aromatic amines is 1. The van der Waals surface area contributed by atoms with Crippen LogP contribution in [0, 0.1) is 0 Å². The number of hydrogen-bond acceptors (Lipinski definition) is 4. The normalized spacial score (nSPS) is 11.8. The first-order valence-electron chi connectivity index (χ1n) is 2.21. The summed E-state index contributed by atoms with van der Waals surface area (Å²) in [4.78, 5) is 5.68. The topological polar surface area (TPSA) is 83.1 Å². The molecule has 0 saturated heterocycles. The first-order chi connectivity index (χ1) is 4.50. The molecule has 0 bridgehead atoms. The Morgan fingerprint density at radius 2 is 2.30 bits per heavy atom. The molecule has 56 valence electrons. The summed E-state index contributed by atoms with van der Waals surface area (Å²) in [6, 6.07) is 0. The Morgan fingerprint density at radius 3 is 2.50 bits per heavy atom. The molecule has 0 aliphatic heterocycles. The van der Waals surface area contributed by atoms with Gasteiger partial charge in [-0.25, -0.2) is 4.98 Å². The molecule has 0 unspecified atom stereocenters. The van der Waals surface area contributed by atoms with Gasteiger partial charge in [-0.15, -0.1) is 12.6 Å². The molecule has 7 heteroatoms. The van der Waals surface area contributed by atoms with Crippen molar-refractivity contribution >= 4 is 22.7 Å². The van der Waals surface area contributed by atoms with E-state index >= 15 is 0 Å². The summed E-state index contributed by atoms with van der Waals surface area (Å²) >= 11 is 3.69. The van der Waals surface area contributed by atoms with Gasteiger partial charge in [0.2, 0.25) is 0 Å². The Hall–Kier alpha value is -0.530. The number of thiol groups is 1. The van der Waals surface area contributed by atoms with Crippen LogP contribution < -0.4 is 0 Å². The van der Waals surface area contributed by atoms with Gasteiger partial charge in [-0.05, 0) is 0 Å². The molecular weight excluding hydrogens is 176 g/mol. The summed E-state index contributed by atoms with van der Waals surface area (Å²) in [5.74, 6) is 0. The van der Waals surface area contributed by atoms with E-state index in [1.165, 1.54) is 0 Å². The molecule has 10 heavy (non-hydrogen) atoms. The Bertz CT molecular complexity index is 327. The maximum absolute atomic E-state index is 10.3. The van der Waals surface area contributed by atoms with E-state index in [2.05, 4.69) is 22.6 Å². The molecule has 0 atom stereocenters. The van der Waals surface area contributed by atoms with Crippen molar-refractivity contribution in [3.63, 3.8) is 0 Å². The second kappa shape index (κ2) is 2.26. The lowest BCUT2D eigenvalue weighted by atomic mass is 11.0. The van der Waals surface area contributed by atoms with Crippen molar-refractivity contribution in [1.29, 1.82) is 0 Å². The fraction of sp³-hybridized carbons (Fsp3) is 0. The lowest BCUT2D eigenvalue weighted by Crippen LogP contribution is -1.97. The minimum absolute atomic E-state index is 0.146. The number of hydrogen-bond donors (Lipinski definition) is 3. The first-order valence-corrected chi connectivity index (χ1v) is 4.10. The standard InChI is InChI=1S/C3H4N2O3S2/c6-10(7,8)2-1-4-3(9)5-2/h1H,(H2,4,5,9)(H,6,7,8). The van der Waals surface area contributed by atoms with E-state index in [1.54, 1.807) is 0 Å². The summed E-state index contributed by atoms with van der Waals surface area (Å²) < 4.78 is 29.0. The van der Waals surface area contributed by atoms with E-state index in [1.807, 2.05) is 0 Å². The van der Waals surface area contributed by atoms with Crippen LogP contribution in [0.25, 0.3) is 0 Å². The molecule has 1 aromatic heterocycles. The van der Waals surface area contributed by atoms with Gasteiger partial charge in [-0.1, -0.05) is 0 Å². The number of nitrogens with zero attached hydrogens (tertiary/aromatic N) is 1. The van der Waals surface area contributed by atoms with Gasteiger partial charge in [-0.3, -0.25) is 4.55 Å². The third kappa shape index (κ3) is 1.49. The number of rotatable bonds is 1. The van der Waals surface area contributed by atoms with Gasteiger partial charge in [-0.2, -0.15) is 8.42 Å². The minimum Gasteiger partial charge on any atom is -0.322 e. The van der Waals surface area contributed by atoms with Crippen molar-refractivity contribution in [2.75, 3.05) is 0 Å². The minimum atomic E-state index is -4.15. The quantitative estimate of drug-likeness (QED) is 0.418. The zero-order valence-corrected chi connectivity index (χ0v) is 6.35. The van der Waals surface area contributed by atoms with Crippen LogP contribution in [0.5, 0.6) is 0 Å². The van der Waals surface area contributed by atoms with Crippen LogP contribution in [0.1, 0.15) is 0 Å². The fourth-order valence-electron chi connectivity index (χ4n) is 0.426. The molecule has 1 aromatic rings. The monoisotopic (exact) mass is 180 g/mol. The zero-order chi connectivity index (χ0) is 7.78. The van der Waals surface area contributed by atoms with Crippen molar-refractivity contribution < 1.29 is 13.0 Å². The van der Waals surface area contributed by atoms with E-state index in [0.717, 1.165) is 6.20 Å². The van der Waals surface area contributed by atoms with E-state index in [-0.39, 0.29) is 10.2 Å². The highest BCUT2D eigenvalue weighted by atomic mass is 32.2. The van der Waals surface area contributed by atoms with Crippen LogP contribution in [0.3, 0.4) is 0 Å². The molecule has 0 aromatic carbocycles. The number of imidazole rings is 1. The van der Waals surface area contributed by atoms with Gasteiger partial charge < -0.3 is 4.98 Å². The van der Waals surface area contributed by atoms with Crippen molar-refractivity contribution in [3.8, 4) is 0 Å². The van der Waals surface area contributed by atoms with Gasteiger partial charge in [0.1, 0.15) is 0 Å². The van der Waals surface area contributed by atoms with E-state index in [4.69, 9.17) is 4.55 Å².